The second-order valence-corrected chi connectivity index (χ2v) is 16.3. The van der Waals surface area contributed by atoms with Crippen molar-refractivity contribution in [3.05, 3.63) is 128 Å². The molecule has 2 aromatic heterocycles. The Morgan fingerprint density at radius 1 is 0.860 bits per heavy atom. The minimum atomic E-state index is -2.98. The maximum Gasteiger partial charge on any atom is 1.00 e. The molecular weight excluding hydrogens is 906 g/mol. The summed E-state index contributed by atoms with van der Waals surface area (Å²) in [4.78, 5) is 34.7. The standard InChI is InChI=1S/C17H18N2O4S.C13H10N2O2.C4H9BrO2S.CH3F.CH2O3.2K.H/c1-24(21,22)9-3-8-23-16-5-2-4-14(10-16)12-19-13-15(11-18)6-7-17(19)20;14-7-11-4-5-13(17)15(9-11)8-10-2-1-3-12(16)6-10;1-8(6,7)4-2-3-5;1-2;2-1-4-3;;;/h2,4-7,10,13H,3,8-9,12H2,1H3;1-6,9,16H,8H2;2-4H2,1H3;1H3;1,3H;;;/q;;;;;2*+1;-1/p-1/i;;;1D;;;;. The van der Waals surface area contributed by atoms with Crippen LogP contribution in [-0.4, -0.2) is 80.7 Å². The van der Waals surface area contributed by atoms with E-state index in [1.54, 1.807) is 36.4 Å². The molecule has 0 amide bonds. The van der Waals surface area contributed by atoms with Gasteiger partial charge in [0, 0.05) is 42.4 Å². The average Bonchev–Trinajstić information content (AvgIpc) is 3.15. The van der Waals surface area contributed by atoms with Crippen LogP contribution in [0.4, 0.5) is 4.39 Å². The van der Waals surface area contributed by atoms with Gasteiger partial charge < -0.3 is 30.5 Å². The van der Waals surface area contributed by atoms with E-state index in [9.17, 15) is 35.9 Å². The predicted octanol–water partition coefficient (Wildman–Crippen LogP) is -2.99. The molecule has 57 heavy (non-hydrogen) atoms. The van der Waals surface area contributed by atoms with Gasteiger partial charge in [0.25, 0.3) is 17.6 Å². The van der Waals surface area contributed by atoms with Crippen molar-refractivity contribution in [2.45, 2.75) is 25.9 Å². The summed E-state index contributed by atoms with van der Waals surface area (Å²) < 4.78 is 66.8. The Kier molecular flexibility index (Phi) is 33.7. The minimum Gasteiger partial charge on any atom is -1.00 e. The van der Waals surface area contributed by atoms with Crippen LogP contribution in [-0.2, 0) is 42.4 Å². The van der Waals surface area contributed by atoms with E-state index in [4.69, 9.17) is 26.7 Å². The van der Waals surface area contributed by atoms with Crippen LogP contribution in [0.15, 0.2) is 94.8 Å². The first-order chi connectivity index (χ1) is 26.4. The van der Waals surface area contributed by atoms with Crippen molar-refractivity contribution < 1.29 is 152 Å². The number of aromatic hydroxyl groups is 1. The normalized spacial score (nSPS) is 9.91. The van der Waals surface area contributed by atoms with Crippen molar-refractivity contribution in [1.29, 1.82) is 10.5 Å². The van der Waals surface area contributed by atoms with Crippen molar-refractivity contribution in [1.82, 2.24) is 9.13 Å². The molecule has 0 radical (unpaired) electrons. The van der Waals surface area contributed by atoms with Crippen LogP contribution >= 0.6 is 15.9 Å². The number of ether oxygens (including phenoxy) is 1. The summed E-state index contributed by atoms with van der Waals surface area (Å²) in [6.45, 7) is 0.790. The number of aromatic nitrogens is 2. The van der Waals surface area contributed by atoms with Crippen LogP contribution in [0.5, 0.6) is 11.5 Å². The van der Waals surface area contributed by atoms with Gasteiger partial charge in [-0.2, -0.15) is 10.5 Å². The van der Waals surface area contributed by atoms with Crippen molar-refractivity contribution in [3.63, 3.8) is 0 Å². The van der Waals surface area contributed by atoms with E-state index in [1.807, 2.05) is 24.3 Å². The van der Waals surface area contributed by atoms with Gasteiger partial charge in [-0.05, 0) is 60.4 Å². The Bertz CT molecular complexity index is 2240. The van der Waals surface area contributed by atoms with Gasteiger partial charge in [-0.15, -0.1) is 0 Å². The summed E-state index contributed by atoms with van der Waals surface area (Å²) in [5, 5.41) is 36.2. The number of carbonyl (C=O) groups excluding carboxylic acids is 1. The Morgan fingerprint density at radius 2 is 1.30 bits per heavy atom. The van der Waals surface area contributed by atoms with E-state index in [1.165, 1.54) is 58.3 Å². The van der Waals surface area contributed by atoms with E-state index in [-0.39, 0.29) is 139 Å². The number of halogens is 2. The van der Waals surface area contributed by atoms with Gasteiger partial charge >= 0.3 is 103 Å². The van der Waals surface area contributed by atoms with Crippen molar-refractivity contribution in [2.75, 3.05) is 43.1 Å². The second kappa shape index (κ2) is 33.7. The molecule has 4 aromatic rings. The first kappa shape index (κ1) is 57.0. The summed E-state index contributed by atoms with van der Waals surface area (Å²) in [6, 6.07) is 23.6. The maximum absolute atomic E-state index is 11.8. The van der Waals surface area contributed by atoms with Gasteiger partial charge in [0.2, 0.25) is 0 Å². The van der Waals surface area contributed by atoms with Gasteiger partial charge in [-0.3, -0.25) is 18.8 Å². The molecule has 0 spiro atoms. The van der Waals surface area contributed by atoms with Crippen LogP contribution in [0.3, 0.4) is 0 Å². The molecule has 300 valence electrons. The molecule has 0 aliphatic rings. The first-order valence-corrected chi connectivity index (χ1v) is 20.9. The van der Waals surface area contributed by atoms with E-state index in [0.717, 1.165) is 16.5 Å². The molecular formula is C36H42BrFK2N4O11S2. The third kappa shape index (κ3) is 29.7. The fourth-order valence-corrected chi connectivity index (χ4v) is 6.01. The molecule has 0 atom stereocenters. The molecule has 1 N–H and O–H groups in total. The minimum absolute atomic E-state index is 0. The molecule has 2 heterocycles. The van der Waals surface area contributed by atoms with Crippen LogP contribution in [0, 0.1) is 22.7 Å². The number of nitriles is 2. The quantitative estimate of drug-likeness (QED) is 0.0352. The number of pyridine rings is 2. The zero-order valence-corrected chi connectivity index (χ0v) is 41.4. The van der Waals surface area contributed by atoms with E-state index < -0.39 is 26.8 Å². The zero-order valence-electron chi connectivity index (χ0n) is 33.9. The van der Waals surface area contributed by atoms with Crippen LogP contribution in [0.1, 0.15) is 37.9 Å². The predicted molar refractivity (Wildman–Crippen MR) is 207 cm³/mol. The first-order valence-electron chi connectivity index (χ1n) is 16.4. The summed E-state index contributed by atoms with van der Waals surface area (Å²) in [6.07, 6.45) is 6.59. The molecule has 0 aliphatic carbocycles. The summed E-state index contributed by atoms with van der Waals surface area (Å²) in [5.41, 5.74) is 2.16. The Hall–Kier alpha value is -2.07. The largest absolute Gasteiger partial charge is 1.00 e. The van der Waals surface area contributed by atoms with Gasteiger partial charge in [0.05, 0.1) is 50.9 Å². The fraction of sp³-hybridized carbons (Fsp3) is 0.306. The maximum atomic E-state index is 11.8. The van der Waals surface area contributed by atoms with E-state index >= 15 is 0 Å². The molecule has 0 bridgehead atoms. The van der Waals surface area contributed by atoms with Crippen molar-refractivity contribution in [3.8, 4) is 23.6 Å². The Balaban J connectivity index is -0.000000377. The Labute approximate surface area is 428 Å². The van der Waals surface area contributed by atoms with Crippen molar-refractivity contribution in [2.24, 2.45) is 0 Å². The van der Waals surface area contributed by atoms with Gasteiger partial charge in [0.1, 0.15) is 43.3 Å². The zero-order chi connectivity index (χ0) is 42.6. The molecule has 15 nitrogen and oxygen atoms in total. The number of carbonyl (C=O) groups is 1. The van der Waals surface area contributed by atoms with E-state index in [2.05, 4.69) is 20.8 Å². The molecule has 4 rings (SSSR count). The third-order valence-corrected chi connectivity index (χ3v) is 8.98. The third-order valence-electron chi connectivity index (χ3n) is 6.36. The molecule has 0 unspecified atom stereocenters. The van der Waals surface area contributed by atoms with Gasteiger partial charge in [-0.25, -0.2) is 16.8 Å². The van der Waals surface area contributed by atoms with Crippen molar-refractivity contribution >= 4 is 42.1 Å². The van der Waals surface area contributed by atoms with E-state index in [0.29, 0.717) is 49.4 Å². The fourth-order valence-electron chi connectivity index (χ4n) is 4.05. The molecule has 2 aromatic carbocycles. The van der Waals surface area contributed by atoms with Crippen LogP contribution < -0.4 is 124 Å². The molecule has 21 heteroatoms. The molecule has 0 fully saturated rings. The number of sulfone groups is 2. The number of hydrogen-bond donors (Lipinski definition) is 1. The smallest absolute Gasteiger partial charge is 1.00 e. The number of nitrogens with zero attached hydrogens (tertiary/aromatic N) is 4. The SMILES string of the molecule is CS(=O)(=O)CCCBr.CS(=O)(=O)CCCOc1cccc(Cn2cc(C#N)ccc2=O)c1.N#Cc1ccc(=O)n(Cc2cccc(O)c2)c1.O=CO[O-].[2H]CF.[H-].[K+].[K+]. The molecule has 0 saturated heterocycles. The van der Waals surface area contributed by atoms with Crippen LogP contribution in [0.2, 0.25) is 0 Å². The number of alkyl halides is 2. The summed E-state index contributed by atoms with van der Waals surface area (Å²) in [5.74, 6) is 1.15. The van der Waals surface area contributed by atoms with Gasteiger partial charge in [0.15, 0.2) is 0 Å². The number of rotatable bonds is 13. The number of phenols is 1. The molecule has 0 aliphatic heterocycles. The Morgan fingerprint density at radius 3 is 1.68 bits per heavy atom. The molecule has 0 saturated carbocycles. The monoisotopic (exact) mass is 947 g/mol. The number of benzene rings is 2. The summed E-state index contributed by atoms with van der Waals surface area (Å²) in [7, 11) is -6.70. The second-order valence-electron chi connectivity index (χ2n) is 11.0. The topological polar surface area (TPSA) is 239 Å². The van der Waals surface area contributed by atoms with Gasteiger partial charge in [-0.1, -0.05) is 40.2 Å². The average molecular weight is 949 g/mol. The number of phenolic OH excluding ortho intramolecular Hbond substituents is 1. The van der Waals surface area contributed by atoms with Crippen LogP contribution in [0.25, 0.3) is 0 Å². The number of hydrogen-bond acceptors (Lipinski definition) is 13. The summed E-state index contributed by atoms with van der Waals surface area (Å²) >= 11 is 3.14.